The van der Waals surface area contributed by atoms with E-state index in [9.17, 15) is 33.6 Å². The van der Waals surface area contributed by atoms with Crippen LogP contribution in [0.5, 0.6) is 0 Å². The number of imide groups is 1. The van der Waals surface area contributed by atoms with Crippen molar-refractivity contribution in [3.63, 3.8) is 0 Å². The number of hydrogen-bond donors (Lipinski definition) is 7. The summed E-state index contributed by atoms with van der Waals surface area (Å²) in [6, 6.07) is 8.93. The number of hydrogen-bond acceptors (Lipinski definition) is 11. The Balaban J connectivity index is 0.872. The van der Waals surface area contributed by atoms with Crippen molar-refractivity contribution in [1.29, 1.82) is 0 Å². The zero-order valence-corrected chi connectivity index (χ0v) is 44.9. The van der Waals surface area contributed by atoms with Gasteiger partial charge in [0.2, 0.25) is 17.7 Å². The Labute approximate surface area is 445 Å². The number of urea groups is 1. The van der Waals surface area contributed by atoms with Crippen LogP contribution >= 0.6 is 0 Å². The maximum atomic E-state index is 13.9. The van der Waals surface area contributed by atoms with Crippen molar-refractivity contribution < 1.29 is 47.5 Å². The molecule has 2 unspecified atom stereocenters. The number of pyridine rings is 1. The number of nitrogens with two attached hydrogens (primary N) is 2. The second-order valence-corrected chi connectivity index (χ2v) is 23.7. The van der Waals surface area contributed by atoms with E-state index in [1.54, 1.807) is 20.0 Å². The summed E-state index contributed by atoms with van der Waals surface area (Å²) in [7, 11) is 0. The van der Waals surface area contributed by atoms with Crippen molar-refractivity contribution >= 4 is 47.2 Å². The quantitative estimate of drug-likeness (QED) is 0.0328. The van der Waals surface area contributed by atoms with Crippen molar-refractivity contribution in [2.75, 3.05) is 57.9 Å². The summed E-state index contributed by atoms with van der Waals surface area (Å²) in [6.45, 7) is 15.2. The number of ether oxygens (including phenoxy) is 2. The summed E-state index contributed by atoms with van der Waals surface area (Å²) in [5.74, 6) is -3.17. The molecule has 9 N–H and O–H groups in total. The Morgan fingerprint density at radius 2 is 1.57 bits per heavy atom. The van der Waals surface area contributed by atoms with Crippen LogP contribution in [0, 0.1) is 29.1 Å². The molecule has 9 rings (SSSR count). The number of benzene rings is 1. The first-order valence-electron chi connectivity index (χ1n) is 27.0. The van der Waals surface area contributed by atoms with Gasteiger partial charge >= 0.3 is 6.03 Å². The molecule has 8 amide bonds. The van der Waals surface area contributed by atoms with Gasteiger partial charge in [0, 0.05) is 72.2 Å². The third-order valence-electron chi connectivity index (χ3n) is 16.5. The maximum absolute atomic E-state index is 13.9. The topological polar surface area (TPSA) is 283 Å². The highest BCUT2D eigenvalue weighted by atomic mass is 16.5. The summed E-state index contributed by atoms with van der Waals surface area (Å²) >= 11 is 0. The number of carbonyl (C=O) groups excluding carboxylic acids is 7. The highest BCUT2D eigenvalue weighted by Crippen LogP contribution is 2.72. The first-order valence-corrected chi connectivity index (χ1v) is 27.0. The number of carbonyl (C=O) groups is 7. The van der Waals surface area contributed by atoms with Crippen LogP contribution in [0.1, 0.15) is 126 Å². The third kappa shape index (κ3) is 13.2. The van der Waals surface area contributed by atoms with Crippen LogP contribution in [0.4, 0.5) is 10.5 Å². The number of aromatic amines is 1. The van der Waals surface area contributed by atoms with Crippen molar-refractivity contribution in [3.05, 3.63) is 77.4 Å². The van der Waals surface area contributed by atoms with Crippen LogP contribution in [0.25, 0.3) is 11.1 Å². The number of anilines is 1. The maximum Gasteiger partial charge on any atom is 0.312 e. The molecule has 20 heteroatoms. The fourth-order valence-corrected chi connectivity index (χ4v) is 14.4. The van der Waals surface area contributed by atoms with Crippen LogP contribution in [0.3, 0.4) is 0 Å². The second kappa shape index (κ2) is 23.0. The highest BCUT2D eigenvalue weighted by molar-refractivity contribution is 6.12. The van der Waals surface area contributed by atoms with E-state index in [-0.39, 0.29) is 72.6 Å². The average Bonchev–Trinajstić information content (AvgIpc) is 4.15. The average molecular weight is 1050 g/mol. The summed E-state index contributed by atoms with van der Waals surface area (Å²) in [6.07, 6.45) is 13.9. The predicted molar refractivity (Wildman–Crippen MR) is 283 cm³/mol. The number of amides is 8. The number of primary amides is 2. The van der Waals surface area contributed by atoms with Gasteiger partial charge in [-0.3, -0.25) is 43.7 Å². The van der Waals surface area contributed by atoms with Gasteiger partial charge < -0.3 is 46.7 Å². The van der Waals surface area contributed by atoms with Gasteiger partial charge in [-0.05, 0) is 105 Å². The standard InChI is InChI=1S/C56H77N11O9/c1-36(2)47(63-43(68)18-25-75-26-21-66-44(69)16-17-45(66)70)51(73)62-41(11-9-20-60-52(58)74)50(72)61-39-14-12-38(13-15-39)29-67(22-6-7-23-67)24-27-76-56-33-53(4)30-54(5,34-56)32-55(31-53,35-56)28-42-46(37(3)64-65-42)40-10-8-19-59-48(40)49(57)71/h8,10,12-17,19,36,41,47H,6-7,9,11,18,20-35H2,1-5H3,(H8-,57,58,60,61,62,63,64,65,68,71,72,73,74)/p+1/t41-,47-,53?,54?,55?,56?/m0/s1. The minimum absolute atomic E-state index is 0.00173. The molecule has 20 nitrogen and oxygen atoms in total. The molecule has 410 valence electrons. The van der Waals surface area contributed by atoms with Crippen molar-refractivity contribution in [3.8, 4) is 11.1 Å². The van der Waals surface area contributed by atoms with E-state index in [1.807, 2.05) is 43.3 Å². The van der Waals surface area contributed by atoms with Crippen LogP contribution in [-0.4, -0.2) is 136 Å². The van der Waals surface area contributed by atoms with Gasteiger partial charge in [-0.25, -0.2) is 4.79 Å². The lowest BCUT2D eigenvalue weighted by Gasteiger charge is -2.69. The molecule has 0 radical (unpaired) electrons. The summed E-state index contributed by atoms with van der Waals surface area (Å²) < 4.78 is 13.7. The summed E-state index contributed by atoms with van der Waals surface area (Å²) in [5, 5.41) is 19.2. The Hall–Kier alpha value is -6.51. The lowest BCUT2D eigenvalue weighted by Crippen LogP contribution is -2.64. The smallest absolute Gasteiger partial charge is 0.312 e. The molecule has 1 aromatic carbocycles. The highest BCUT2D eigenvalue weighted by Gasteiger charge is 2.66. The van der Waals surface area contributed by atoms with Gasteiger partial charge in [-0.1, -0.05) is 45.9 Å². The van der Waals surface area contributed by atoms with E-state index < -0.39 is 53.6 Å². The van der Waals surface area contributed by atoms with Crippen LogP contribution in [-0.2, 0) is 46.4 Å². The van der Waals surface area contributed by atoms with Gasteiger partial charge in [-0.15, -0.1) is 0 Å². The van der Waals surface area contributed by atoms with E-state index >= 15 is 0 Å². The zero-order valence-electron chi connectivity index (χ0n) is 44.9. The molecule has 4 bridgehead atoms. The number of nitrogens with one attached hydrogen (secondary N) is 5. The Morgan fingerprint density at radius 3 is 2.22 bits per heavy atom. The van der Waals surface area contributed by atoms with Crippen LogP contribution in [0.2, 0.25) is 0 Å². The Morgan fingerprint density at radius 1 is 0.868 bits per heavy atom. The third-order valence-corrected chi connectivity index (χ3v) is 16.5. The van der Waals surface area contributed by atoms with Gasteiger partial charge in [0.05, 0.1) is 50.7 Å². The van der Waals surface area contributed by atoms with Crippen molar-refractivity contribution in [2.24, 2.45) is 33.6 Å². The van der Waals surface area contributed by atoms with Gasteiger partial charge in [-0.2, -0.15) is 5.10 Å². The van der Waals surface area contributed by atoms with E-state index in [0.29, 0.717) is 24.3 Å². The van der Waals surface area contributed by atoms with E-state index in [2.05, 4.69) is 45.2 Å². The zero-order chi connectivity index (χ0) is 54.5. The normalized spacial score (nSPS) is 24.9. The number of aryl methyl sites for hydroxylation is 1. The van der Waals surface area contributed by atoms with E-state index in [0.717, 1.165) is 109 Å². The number of rotatable bonds is 26. The predicted octanol–water partition coefficient (Wildman–Crippen LogP) is 4.71. The molecule has 2 aromatic heterocycles. The van der Waals surface area contributed by atoms with Crippen molar-refractivity contribution in [2.45, 2.75) is 136 Å². The molecule has 76 heavy (non-hydrogen) atoms. The van der Waals surface area contributed by atoms with Crippen molar-refractivity contribution in [1.82, 2.24) is 36.0 Å². The fraction of sp³-hybridized carbons (Fsp3) is 0.589. The van der Waals surface area contributed by atoms with Gasteiger partial charge in [0.15, 0.2) is 0 Å². The minimum Gasteiger partial charge on any atom is -0.379 e. The first-order chi connectivity index (χ1) is 36.1. The summed E-state index contributed by atoms with van der Waals surface area (Å²) in [5.41, 5.74) is 16.6. The first kappa shape index (κ1) is 55.7. The fourth-order valence-electron chi connectivity index (χ4n) is 14.4. The molecule has 4 heterocycles. The van der Waals surface area contributed by atoms with E-state index in [1.165, 1.54) is 18.6 Å². The Bertz CT molecular complexity index is 2660. The van der Waals surface area contributed by atoms with Gasteiger partial charge in [0.1, 0.15) is 30.9 Å². The van der Waals surface area contributed by atoms with Crippen LogP contribution in [0.15, 0.2) is 54.7 Å². The number of aromatic nitrogens is 3. The van der Waals surface area contributed by atoms with Gasteiger partial charge in [0.25, 0.3) is 17.7 Å². The number of quaternary nitrogens is 1. The lowest BCUT2D eigenvalue weighted by atomic mass is 9.38. The van der Waals surface area contributed by atoms with E-state index in [4.69, 9.17) is 26.0 Å². The number of H-pyrrole nitrogens is 1. The molecule has 1 saturated heterocycles. The minimum atomic E-state index is -1.00. The molecule has 6 aliphatic rings. The molecule has 4 aliphatic carbocycles. The molecule has 5 fully saturated rings. The lowest BCUT2D eigenvalue weighted by molar-refractivity contribution is -0.930. The molecule has 4 saturated carbocycles. The van der Waals surface area contributed by atoms with Crippen LogP contribution < -0.4 is 32.7 Å². The molecular formula is C56H78N11O9+. The molecule has 4 atom stereocenters. The molecular weight excluding hydrogens is 971 g/mol. The Kier molecular flexibility index (Phi) is 16.9. The summed E-state index contributed by atoms with van der Waals surface area (Å²) in [4.78, 5) is 93.5. The SMILES string of the molecule is Cc1[nH]nc(CC23CC4(C)CC(C)(C2)CC(OCC[N+]2(Cc5ccc(NC(=O)[C@H](CCCNC(N)=O)NC(=O)[C@@H](NC(=O)CCOCCN6C(=O)C=CC6=O)C(C)C)cc5)CCCC2)(C4)C3)c1-c1cccnc1C(N)=O. The largest absolute Gasteiger partial charge is 0.379 e. The number of likely N-dealkylation sites (tertiary alicyclic amines) is 1. The molecule has 2 aliphatic heterocycles. The monoisotopic (exact) mass is 1050 g/mol. The second-order valence-electron chi connectivity index (χ2n) is 23.7. The molecule has 3 aromatic rings. The number of nitrogens with zero attached hydrogens (tertiary/aromatic N) is 4. The molecule has 0 spiro atoms.